The molecule has 2 aliphatic rings. The second kappa shape index (κ2) is 2.64. The molecular weight excluding hydrogens is 140 g/mol. The van der Waals surface area contributed by atoms with Crippen LogP contribution in [-0.2, 0) is 4.79 Å². The molecule has 1 fully saturated rings. The molecule has 1 saturated carbocycles. The second-order valence-corrected chi connectivity index (χ2v) is 3.30. The Labute approximate surface area is 65.9 Å². The molecule has 11 heavy (non-hydrogen) atoms. The van der Waals surface area contributed by atoms with E-state index in [4.69, 9.17) is 0 Å². The van der Waals surface area contributed by atoms with E-state index in [-0.39, 0.29) is 5.91 Å². The van der Waals surface area contributed by atoms with Crippen LogP contribution in [0.3, 0.4) is 0 Å². The molecule has 0 aromatic heterocycles. The van der Waals surface area contributed by atoms with Crippen molar-refractivity contribution in [3.63, 3.8) is 0 Å². The lowest BCUT2D eigenvalue weighted by atomic mass is 10.00. The molecule has 0 aromatic rings. The summed E-state index contributed by atoms with van der Waals surface area (Å²) in [5, 5.41) is 4.02. The van der Waals surface area contributed by atoms with Crippen LogP contribution in [0.5, 0.6) is 0 Å². The van der Waals surface area contributed by atoms with Crippen molar-refractivity contribution in [1.29, 1.82) is 0 Å². The third kappa shape index (κ3) is 1.27. The van der Waals surface area contributed by atoms with Crippen molar-refractivity contribution in [2.24, 2.45) is 11.0 Å². The summed E-state index contributed by atoms with van der Waals surface area (Å²) in [4.78, 5) is 10.8. The lowest BCUT2D eigenvalue weighted by molar-refractivity contribution is -0.119. The lowest BCUT2D eigenvalue weighted by Gasteiger charge is -2.04. The first-order valence-electron chi connectivity index (χ1n) is 4.21. The normalized spacial score (nSPS) is 25.5. The van der Waals surface area contributed by atoms with E-state index in [1.165, 1.54) is 25.7 Å². The summed E-state index contributed by atoms with van der Waals surface area (Å²) in [5.41, 5.74) is 3.59. The van der Waals surface area contributed by atoms with Crippen molar-refractivity contribution < 1.29 is 4.79 Å². The van der Waals surface area contributed by atoms with Gasteiger partial charge in [0.1, 0.15) is 0 Å². The largest absolute Gasteiger partial charge is 0.273 e. The fourth-order valence-electron chi connectivity index (χ4n) is 1.87. The number of amides is 1. The Bertz CT molecular complexity index is 204. The zero-order valence-corrected chi connectivity index (χ0v) is 6.47. The molecule has 1 amide bonds. The van der Waals surface area contributed by atoms with Crippen LogP contribution in [-0.4, -0.2) is 11.6 Å². The Hall–Kier alpha value is -0.860. The van der Waals surface area contributed by atoms with Gasteiger partial charge in [0, 0.05) is 0 Å². The van der Waals surface area contributed by atoms with Gasteiger partial charge in [-0.3, -0.25) is 4.79 Å². The van der Waals surface area contributed by atoms with Gasteiger partial charge in [0.2, 0.25) is 5.91 Å². The van der Waals surface area contributed by atoms with Crippen LogP contribution in [0, 0.1) is 5.92 Å². The monoisotopic (exact) mass is 152 g/mol. The molecule has 0 radical (unpaired) electrons. The van der Waals surface area contributed by atoms with E-state index < -0.39 is 0 Å². The molecule has 0 unspecified atom stereocenters. The maximum atomic E-state index is 10.8. The molecule has 0 spiro atoms. The fraction of sp³-hybridized carbons (Fsp3) is 0.750. The summed E-state index contributed by atoms with van der Waals surface area (Å²) in [5.74, 6) is 0.667. The van der Waals surface area contributed by atoms with Crippen LogP contribution in [0.2, 0.25) is 0 Å². The molecule has 1 heterocycles. The molecule has 2 rings (SSSR count). The van der Waals surface area contributed by atoms with Crippen LogP contribution in [0.15, 0.2) is 5.10 Å². The minimum atomic E-state index is 0.0619. The molecule has 1 N–H and O–H groups in total. The average molecular weight is 152 g/mol. The molecule has 0 bridgehead atoms. The fourth-order valence-corrected chi connectivity index (χ4v) is 1.87. The maximum Gasteiger partial charge on any atom is 0.245 e. The van der Waals surface area contributed by atoms with E-state index in [0.717, 1.165) is 5.71 Å². The Balaban J connectivity index is 1.99. The van der Waals surface area contributed by atoms with E-state index >= 15 is 0 Å². The standard InChI is InChI=1S/C8H12N2O/c11-8-5-7(9-10-8)6-3-1-2-4-6/h6H,1-5H2,(H,10,11). The third-order valence-corrected chi connectivity index (χ3v) is 2.49. The molecule has 0 aromatic carbocycles. The van der Waals surface area contributed by atoms with Crippen LogP contribution in [0.4, 0.5) is 0 Å². The number of hydrogen-bond acceptors (Lipinski definition) is 2. The first-order chi connectivity index (χ1) is 5.36. The molecule has 0 atom stereocenters. The van der Waals surface area contributed by atoms with E-state index in [2.05, 4.69) is 10.5 Å². The Morgan fingerprint density at radius 2 is 2.09 bits per heavy atom. The number of carbonyl (C=O) groups is 1. The number of hydrogen-bond donors (Lipinski definition) is 1. The average Bonchev–Trinajstić information content (AvgIpc) is 2.55. The van der Waals surface area contributed by atoms with Gasteiger partial charge in [0.05, 0.1) is 12.1 Å². The van der Waals surface area contributed by atoms with Crippen LogP contribution in [0.1, 0.15) is 32.1 Å². The molecule has 1 aliphatic heterocycles. The molecular formula is C8H12N2O. The van der Waals surface area contributed by atoms with E-state index in [1.807, 2.05) is 0 Å². The van der Waals surface area contributed by atoms with E-state index in [9.17, 15) is 4.79 Å². The molecule has 60 valence electrons. The van der Waals surface area contributed by atoms with E-state index in [1.54, 1.807) is 0 Å². The number of rotatable bonds is 1. The highest BCUT2D eigenvalue weighted by atomic mass is 16.2. The maximum absolute atomic E-state index is 10.8. The smallest absolute Gasteiger partial charge is 0.245 e. The van der Waals surface area contributed by atoms with Gasteiger partial charge in [-0.25, -0.2) is 5.43 Å². The van der Waals surface area contributed by atoms with Crippen LogP contribution in [0.25, 0.3) is 0 Å². The first-order valence-corrected chi connectivity index (χ1v) is 4.21. The highest BCUT2D eigenvalue weighted by Gasteiger charge is 2.25. The molecule has 0 saturated heterocycles. The zero-order chi connectivity index (χ0) is 7.68. The Kier molecular flexibility index (Phi) is 1.64. The lowest BCUT2D eigenvalue weighted by Crippen LogP contribution is -2.11. The van der Waals surface area contributed by atoms with Crippen molar-refractivity contribution in [2.45, 2.75) is 32.1 Å². The number of carbonyl (C=O) groups excluding carboxylic acids is 1. The van der Waals surface area contributed by atoms with Crippen molar-refractivity contribution in [3.05, 3.63) is 0 Å². The predicted molar refractivity (Wildman–Crippen MR) is 42.2 cm³/mol. The summed E-state index contributed by atoms with van der Waals surface area (Å²) in [6, 6.07) is 0. The van der Waals surface area contributed by atoms with Gasteiger partial charge in [-0.05, 0) is 18.8 Å². The van der Waals surface area contributed by atoms with Crippen molar-refractivity contribution in [1.82, 2.24) is 5.43 Å². The predicted octanol–water partition coefficient (Wildman–Crippen LogP) is 1.05. The highest BCUT2D eigenvalue weighted by Crippen LogP contribution is 2.27. The summed E-state index contributed by atoms with van der Waals surface area (Å²) >= 11 is 0. The summed E-state index contributed by atoms with van der Waals surface area (Å²) in [6.45, 7) is 0. The SMILES string of the molecule is O=C1CC(C2CCCC2)=NN1. The van der Waals surface area contributed by atoms with Gasteiger partial charge in [0.15, 0.2) is 0 Å². The Morgan fingerprint density at radius 1 is 1.36 bits per heavy atom. The van der Waals surface area contributed by atoms with Crippen molar-refractivity contribution in [3.8, 4) is 0 Å². The minimum absolute atomic E-state index is 0.0619. The summed E-state index contributed by atoms with van der Waals surface area (Å²) < 4.78 is 0. The second-order valence-electron chi connectivity index (χ2n) is 3.30. The first kappa shape index (κ1) is 6.83. The van der Waals surface area contributed by atoms with Gasteiger partial charge >= 0.3 is 0 Å². The van der Waals surface area contributed by atoms with Crippen molar-refractivity contribution >= 4 is 11.6 Å². The van der Waals surface area contributed by atoms with Gasteiger partial charge in [-0.15, -0.1) is 0 Å². The number of nitrogens with zero attached hydrogens (tertiary/aromatic N) is 1. The Morgan fingerprint density at radius 3 is 2.64 bits per heavy atom. The molecule has 3 nitrogen and oxygen atoms in total. The van der Waals surface area contributed by atoms with Crippen LogP contribution < -0.4 is 5.43 Å². The quantitative estimate of drug-likeness (QED) is 0.599. The number of nitrogens with one attached hydrogen (secondary N) is 1. The van der Waals surface area contributed by atoms with Crippen LogP contribution >= 0.6 is 0 Å². The highest BCUT2D eigenvalue weighted by molar-refractivity contribution is 6.06. The molecule has 3 heteroatoms. The van der Waals surface area contributed by atoms with E-state index in [0.29, 0.717) is 12.3 Å². The van der Waals surface area contributed by atoms with Gasteiger partial charge in [0.25, 0.3) is 0 Å². The van der Waals surface area contributed by atoms with Gasteiger partial charge in [-0.2, -0.15) is 5.10 Å². The van der Waals surface area contributed by atoms with Gasteiger partial charge < -0.3 is 0 Å². The summed E-state index contributed by atoms with van der Waals surface area (Å²) in [6.07, 6.45) is 5.61. The molecule has 1 aliphatic carbocycles. The number of hydrazone groups is 1. The van der Waals surface area contributed by atoms with Gasteiger partial charge in [-0.1, -0.05) is 12.8 Å². The third-order valence-electron chi connectivity index (χ3n) is 2.49. The topological polar surface area (TPSA) is 41.5 Å². The minimum Gasteiger partial charge on any atom is -0.273 e. The zero-order valence-electron chi connectivity index (χ0n) is 6.47. The summed E-state index contributed by atoms with van der Waals surface area (Å²) in [7, 11) is 0. The van der Waals surface area contributed by atoms with Crippen molar-refractivity contribution in [2.75, 3.05) is 0 Å².